The van der Waals surface area contributed by atoms with Crippen LogP contribution in [0.3, 0.4) is 0 Å². The number of nitrogens with zero attached hydrogens (tertiary/aromatic N) is 2. The Morgan fingerprint density at radius 3 is 2.68 bits per heavy atom. The smallest absolute Gasteiger partial charge is 0.417 e. The summed E-state index contributed by atoms with van der Waals surface area (Å²) in [5.74, 6) is 2.12. The fraction of sp³-hybridized carbons (Fsp3) is 0.450. The molecule has 0 spiro atoms. The van der Waals surface area contributed by atoms with Crippen molar-refractivity contribution in [1.82, 2.24) is 10.3 Å². The van der Waals surface area contributed by atoms with Crippen LogP contribution in [-0.2, 0) is 12.7 Å². The molecule has 2 aromatic rings. The monoisotopic (exact) mass is 393 g/mol. The van der Waals surface area contributed by atoms with Gasteiger partial charge < -0.3 is 19.7 Å². The van der Waals surface area contributed by atoms with Gasteiger partial charge in [0.05, 0.1) is 5.56 Å². The number of nitrogens with one attached hydrogen (secondary N) is 1. The lowest BCUT2D eigenvalue weighted by molar-refractivity contribution is -0.137. The van der Waals surface area contributed by atoms with Crippen LogP contribution < -0.4 is 19.7 Å². The predicted octanol–water partition coefficient (Wildman–Crippen LogP) is 3.63. The number of anilines is 1. The first-order valence-corrected chi connectivity index (χ1v) is 9.39. The zero-order valence-corrected chi connectivity index (χ0v) is 15.3. The van der Waals surface area contributed by atoms with Crippen LogP contribution in [0.15, 0.2) is 36.5 Å². The molecule has 0 saturated carbocycles. The normalized spacial score (nSPS) is 19.5. The zero-order chi connectivity index (χ0) is 19.6. The summed E-state index contributed by atoms with van der Waals surface area (Å²) in [4.78, 5) is 6.05. The van der Waals surface area contributed by atoms with Crippen LogP contribution >= 0.6 is 0 Å². The standard InChI is InChI=1S/C20H22F3N3O2/c21-20(22,23)15-4-6-19(25-12-15)26-7-1-2-16(13-26)24-11-14-3-5-17-18(10-14)28-9-8-27-17/h3-6,10,12,16,24H,1-2,7-9,11,13H2. The molecule has 0 radical (unpaired) electrons. The minimum absolute atomic E-state index is 0.242. The Hall–Kier alpha value is -2.48. The van der Waals surface area contributed by atoms with Crippen molar-refractivity contribution in [3.05, 3.63) is 47.7 Å². The molecule has 1 atom stereocenters. The Morgan fingerprint density at radius 2 is 1.93 bits per heavy atom. The third kappa shape index (κ3) is 4.32. The maximum atomic E-state index is 12.7. The number of hydrogen-bond donors (Lipinski definition) is 1. The van der Waals surface area contributed by atoms with Crippen LogP contribution in [-0.4, -0.2) is 37.3 Å². The first-order chi connectivity index (χ1) is 13.5. The van der Waals surface area contributed by atoms with E-state index in [1.165, 1.54) is 6.07 Å². The molecule has 8 heteroatoms. The first-order valence-electron chi connectivity index (χ1n) is 9.39. The van der Waals surface area contributed by atoms with Gasteiger partial charge in [0.15, 0.2) is 11.5 Å². The molecule has 1 aromatic heterocycles. The summed E-state index contributed by atoms with van der Waals surface area (Å²) in [6.07, 6.45) is -1.48. The molecule has 1 unspecified atom stereocenters. The minimum atomic E-state index is -4.36. The molecule has 0 bridgehead atoms. The Morgan fingerprint density at radius 1 is 1.11 bits per heavy atom. The van der Waals surface area contributed by atoms with Gasteiger partial charge in [0.1, 0.15) is 19.0 Å². The maximum absolute atomic E-state index is 12.7. The van der Waals surface area contributed by atoms with E-state index >= 15 is 0 Å². The molecule has 1 aromatic carbocycles. The van der Waals surface area contributed by atoms with Crippen molar-refractivity contribution in [3.63, 3.8) is 0 Å². The van der Waals surface area contributed by atoms with Crippen LogP contribution in [0.4, 0.5) is 19.0 Å². The molecule has 1 N–H and O–H groups in total. The number of aromatic nitrogens is 1. The highest BCUT2D eigenvalue weighted by Gasteiger charge is 2.31. The molecule has 150 valence electrons. The van der Waals surface area contributed by atoms with E-state index in [1.807, 2.05) is 23.1 Å². The number of rotatable bonds is 4. The summed E-state index contributed by atoms with van der Waals surface area (Å²) in [6, 6.07) is 8.70. The summed E-state index contributed by atoms with van der Waals surface area (Å²) >= 11 is 0. The van der Waals surface area contributed by atoms with Gasteiger partial charge in [-0.25, -0.2) is 4.98 Å². The Kier molecular flexibility index (Phi) is 5.30. The summed E-state index contributed by atoms with van der Waals surface area (Å²) < 4.78 is 49.3. The Balaban J connectivity index is 1.35. The molecule has 3 heterocycles. The first kappa shape index (κ1) is 18.9. The second-order valence-corrected chi connectivity index (χ2v) is 7.05. The van der Waals surface area contributed by atoms with Crippen molar-refractivity contribution in [3.8, 4) is 11.5 Å². The van der Waals surface area contributed by atoms with Crippen molar-refractivity contribution in [1.29, 1.82) is 0 Å². The topological polar surface area (TPSA) is 46.6 Å². The van der Waals surface area contributed by atoms with Gasteiger partial charge in [0.25, 0.3) is 0 Å². The van der Waals surface area contributed by atoms with Crippen molar-refractivity contribution in [2.45, 2.75) is 31.6 Å². The van der Waals surface area contributed by atoms with Crippen LogP contribution in [0.25, 0.3) is 0 Å². The molecule has 4 rings (SSSR count). The number of ether oxygens (including phenoxy) is 2. The SMILES string of the molecule is FC(F)(F)c1ccc(N2CCCC(NCc3ccc4c(c3)OCCO4)C2)nc1. The third-order valence-electron chi connectivity index (χ3n) is 5.02. The predicted molar refractivity (Wildman–Crippen MR) is 98.7 cm³/mol. The van der Waals surface area contributed by atoms with E-state index in [1.54, 1.807) is 0 Å². The third-order valence-corrected chi connectivity index (χ3v) is 5.02. The highest BCUT2D eigenvalue weighted by atomic mass is 19.4. The van der Waals surface area contributed by atoms with Crippen LogP contribution in [0, 0.1) is 0 Å². The van der Waals surface area contributed by atoms with Gasteiger partial charge in [-0.1, -0.05) is 6.07 Å². The van der Waals surface area contributed by atoms with Crippen LogP contribution in [0.1, 0.15) is 24.0 Å². The average molecular weight is 393 g/mol. The van der Waals surface area contributed by atoms with Gasteiger partial charge in [-0.05, 0) is 42.7 Å². The molecule has 5 nitrogen and oxygen atoms in total. The van der Waals surface area contributed by atoms with Gasteiger partial charge >= 0.3 is 6.18 Å². The van der Waals surface area contributed by atoms with E-state index in [-0.39, 0.29) is 6.04 Å². The van der Waals surface area contributed by atoms with E-state index in [9.17, 15) is 13.2 Å². The van der Waals surface area contributed by atoms with Crippen molar-refractivity contribution in [2.75, 3.05) is 31.2 Å². The molecule has 2 aliphatic heterocycles. The largest absolute Gasteiger partial charge is 0.486 e. The van der Waals surface area contributed by atoms with Crippen LogP contribution in [0.2, 0.25) is 0 Å². The number of pyridine rings is 1. The average Bonchev–Trinajstić information content (AvgIpc) is 2.72. The van der Waals surface area contributed by atoms with E-state index < -0.39 is 11.7 Å². The number of fused-ring (bicyclic) bond motifs is 1. The fourth-order valence-corrected chi connectivity index (χ4v) is 3.55. The number of hydrogen-bond acceptors (Lipinski definition) is 5. The molecule has 1 saturated heterocycles. The summed E-state index contributed by atoms with van der Waals surface area (Å²) in [5.41, 5.74) is 0.385. The number of alkyl halides is 3. The number of benzene rings is 1. The van der Waals surface area contributed by atoms with Crippen molar-refractivity contribution in [2.24, 2.45) is 0 Å². The summed E-state index contributed by atoms with van der Waals surface area (Å²) in [5, 5.41) is 3.53. The second kappa shape index (κ2) is 7.87. The summed E-state index contributed by atoms with van der Waals surface area (Å²) in [7, 11) is 0. The van der Waals surface area contributed by atoms with Gasteiger partial charge in [0, 0.05) is 31.9 Å². The number of halogens is 3. The molecular weight excluding hydrogens is 371 g/mol. The molecule has 0 amide bonds. The lowest BCUT2D eigenvalue weighted by Gasteiger charge is -2.34. The lowest BCUT2D eigenvalue weighted by Crippen LogP contribution is -2.45. The zero-order valence-electron chi connectivity index (χ0n) is 15.3. The highest BCUT2D eigenvalue weighted by molar-refractivity contribution is 5.44. The van der Waals surface area contributed by atoms with E-state index in [0.717, 1.165) is 48.7 Å². The quantitative estimate of drug-likeness (QED) is 0.860. The summed E-state index contributed by atoms with van der Waals surface area (Å²) in [6.45, 7) is 3.32. The van der Waals surface area contributed by atoms with E-state index in [4.69, 9.17) is 9.47 Å². The maximum Gasteiger partial charge on any atom is 0.417 e. The second-order valence-electron chi connectivity index (χ2n) is 7.05. The molecule has 2 aliphatic rings. The number of piperidine rings is 1. The van der Waals surface area contributed by atoms with Gasteiger partial charge in [0.2, 0.25) is 0 Å². The molecule has 1 fully saturated rings. The van der Waals surface area contributed by atoms with Gasteiger partial charge in [-0.15, -0.1) is 0 Å². The van der Waals surface area contributed by atoms with Crippen molar-refractivity contribution < 1.29 is 22.6 Å². The fourth-order valence-electron chi connectivity index (χ4n) is 3.55. The van der Waals surface area contributed by atoms with Crippen LogP contribution in [0.5, 0.6) is 11.5 Å². The minimum Gasteiger partial charge on any atom is -0.486 e. The Labute approximate surface area is 161 Å². The molecule has 0 aliphatic carbocycles. The van der Waals surface area contributed by atoms with E-state index in [2.05, 4.69) is 10.3 Å². The van der Waals surface area contributed by atoms with E-state index in [0.29, 0.717) is 32.1 Å². The Bertz CT molecular complexity index is 811. The van der Waals surface area contributed by atoms with Gasteiger partial charge in [-0.2, -0.15) is 13.2 Å². The molecular formula is C20H22F3N3O2. The van der Waals surface area contributed by atoms with Gasteiger partial charge in [-0.3, -0.25) is 0 Å². The molecule has 28 heavy (non-hydrogen) atoms. The highest BCUT2D eigenvalue weighted by Crippen LogP contribution is 2.31. The van der Waals surface area contributed by atoms with Crippen molar-refractivity contribution >= 4 is 5.82 Å². The lowest BCUT2D eigenvalue weighted by atomic mass is 10.0.